The normalized spacial score (nSPS) is 12.4. The van der Waals surface area contributed by atoms with Crippen molar-refractivity contribution < 1.29 is 19.6 Å². The molecule has 0 rings (SSSR count). The van der Waals surface area contributed by atoms with Gasteiger partial charge in [0.05, 0.1) is 0 Å². The summed E-state index contributed by atoms with van der Waals surface area (Å²) in [7, 11) is 0. The van der Waals surface area contributed by atoms with Gasteiger partial charge in [-0.25, -0.2) is 0 Å². The molecule has 0 amide bonds. The number of hydrogen-bond acceptors (Lipinski definition) is 7. The highest BCUT2D eigenvalue weighted by Crippen LogP contribution is 2.23. The highest BCUT2D eigenvalue weighted by Gasteiger charge is 2.71. The Morgan fingerprint density at radius 2 is 1.00 bits per heavy atom. The predicted molar refractivity (Wildman–Crippen MR) is 113 cm³/mol. The largest absolute Gasteiger partial charge is 0.588 e. The van der Waals surface area contributed by atoms with Crippen molar-refractivity contribution in [2.45, 2.75) is 121 Å². The number of carbonyl (C=O) groups excluding carboxylic acids is 1. The molecule has 0 aliphatic heterocycles. The summed E-state index contributed by atoms with van der Waals surface area (Å²) in [6.45, 7) is 2.22. The highest BCUT2D eigenvalue weighted by molar-refractivity contribution is 5.61. The molecule has 0 aromatic heterocycles. The smallest absolute Gasteiger partial charge is 0.273 e. The van der Waals surface area contributed by atoms with E-state index in [9.17, 15) is 35.1 Å². The molecule has 1 radical (unpaired) electrons. The lowest BCUT2D eigenvalue weighted by Gasteiger charge is -2.14. The van der Waals surface area contributed by atoms with Crippen molar-refractivity contribution in [1.29, 1.82) is 0 Å². The molecule has 0 aliphatic carbocycles. The standard InChI is InChI=1S/C20H36N3O7/c1-2-3-4-5-6-7-8-9-10-11-12-13-14-15-16-17-19(21(25)26)20(18-24,22(27)28)23(29)30/h19H,2-17H2,1H3. The molecular formula is C20H36N3O7. The van der Waals surface area contributed by atoms with Gasteiger partial charge >= 0.3 is 18.0 Å². The van der Waals surface area contributed by atoms with E-state index in [0.717, 1.165) is 25.7 Å². The summed E-state index contributed by atoms with van der Waals surface area (Å²) < 4.78 is 0. The van der Waals surface area contributed by atoms with Crippen LogP contribution in [0.5, 0.6) is 0 Å². The molecule has 0 aromatic rings. The Labute approximate surface area is 178 Å². The molecular weight excluding hydrogens is 394 g/mol. The predicted octanol–water partition coefficient (Wildman–Crippen LogP) is 5.25. The van der Waals surface area contributed by atoms with E-state index in [1.165, 1.54) is 57.8 Å². The van der Waals surface area contributed by atoms with E-state index < -0.39 is 32.9 Å². The van der Waals surface area contributed by atoms with Gasteiger partial charge in [-0.3, -0.25) is 35.1 Å². The zero-order valence-electron chi connectivity index (χ0n) is 18.1. The molecule has 173 valence electrons. The second-order valence-electron chi connectivity index (χ2n) is 7.88. The molecule has 0 N–H and O–H groups in total. The van der Waals surface area contributed by atoms with Crippen molar-refractivity contribution in [2.24, 2.45) is 0 Å². The summed E-state index contributed by atoms with van der Waals surface area (Å²) in [6.07, 6.45) is 16.7. The second kappa shape index (κ2) is 16.6. The summed E-state index contributed by atoms with van der Waals surface area (Å²) in [5.41, 5.74) is -3.54. The van der Waals surface area contributed by atoms with Crippen LogP contribution in [-0.2, 0) is 4.79 Å². The van der Waals surface area contributed by atoms with Gasteiger partial charge in [0.25, 0.3) is 0 Å². The number of hydrogen-bond donors (Lipinski definition) is 0. The molecule has 0 aromatic carbocycles. The minimum Gasteiger partial charge on any atom is -0.273 e. The van der Waals surface area contributed by atoms with Crippen LogP contribution in [0.1, 0.15) is 110 Å². The minimum absolute atomic E-state index is 0.217. The summed E-state index contributed by atoms with van der Waals surface area (Å²) >= 11 is 0. The first kappa shape index (κ1) is 27.9. The molecule has 0 saturated carbocycles. The van der Waals surface area contributed by atoms with E-state index in [-0.39, 0.29) is 6.42 Å². The molecule has 0 fully saturated rings. The maximum Gasteiger partial charge on any atom is 0.588 e. The Balaban J connectivity index is 3.93. The third kappa shape index (κ3) is 10.1. The summed E-state index contributed by atoms with van der Waals surface area (Å²) in [4.78, 5) is 39.9. The van der Waals surface area contributed by atoms with E-state index in [1.54, 1.807) is 0 Å². The fourth-order valence-electron chi connectivity index (χ4n) is 3.62. The molecule has 30 heavy (non-hydrogen) atoms. The Hall–Kier alpha value is -2.13. The van der Waals surface area contributed by atoms with Crippen LogP contribution >= 0.6 is 0 Å². The SMILES string of the molecule is CCCCCCCCCCCCCCCCCC([N+](=O)[O-])C([C]=O)([N+](=O)[O-])[N+](=O)[O-]. The van der Waals surface area contributed by atoms with Gasteiger partial charge in [0.1, 0.15) is 9.85 Å². The zero-order valence-corrected chi connectivity index (χ0v) is 18.1. The molecule has 1 atom stereocenters. The molecule has 0 heterocycles. The van der Waals surface area contributed by atoms with Gasteiger partial charge < -0.3 is 0 Å². The second-order valence-corrected chi connectivity index (χ2v) is 7.88. The zero-order chi connectivity index (χ0) is 22.8. The van der Waals surface area contributed by atoms with E-state index in [0.29, 0.717) is 12.7 Å². The summed E-state index contributed by atoms with van der Waals surface area (Å²) in [5.74, 6) is 0. The maximum atomic E-state index is 11.1. The van der Waals surface area contributed by atoms with Crippen LogP contribution in [0.2, 0.25) is 0 Å². The van der Waals surface area contributed by atoms with Crippen LogP contribution in [0.25, 0.3) is 0 Å². The highest BCUT2D eigenvalue weighted by atomic mass is 16.7. The van der Waals surface area contributed by atoms with Gasteiger partial charge in [-0.15, -0.1) is 0 Å². The third-order valence-electron chi connectivity index (χ3n) is 5.51. The van der Waals surface area contributed by atoms with Crippen LogP contribution in [0, 0.1) is 30.3 Å². The van der Waals surface area contributed by atoms with E-state index in [1.807, 2.05) is 0 Å². The number of rotatable bonds is 21. The van der Waals surface area contributed by atoms with Crippen LogP contribution in [0.15, 0.2) is 0 Å². The van der Waals surface area contributed by atoms with Gasteiger partial charge in [-0.2, -0.15) is 0 Å². The molecule has 0 spiro atoms. The van der Waals surface area contributed by atoms with Crippen molar-refractivity contribution in [3.05, 3.63) is 30.3 Å². The van der Waals surface area contributed by atoms with Gasteiger partial charge in [-0.1, -0.05) is 96.8 Å². The van der Waals surface area contributed by atoms with E-state index >= 15 is 0 Å². The van der Waals surface area contributed by atoms with Crippen LogP contribution < -0.4 is 0 Å². The van der Waals surface area contributed by atoms with Gasteiger partial charge in [-0.05, 0) is 6.42 Å². The van der Waals surface area contributed by atoms with Crippen molar-refractivity contribution >= 4 is 6.29 Å². The van der Waals surface area contributed by atoms with Crippen molar-refractivity contribution in [3.63, 3.8) is 0 Å². The molecule has 0 bridgehead atoms. The Morgan fingerprint density at radius 3 is 1.27 bits per heavy atom. The first-order valence-electron chi connectivity index (χ1n) is 11.2. The molecule has 0 saturated heterocycles. The van der Waals surface area contributed by atoms with Crippen LogP contribution in [0.3, 0.4) is 0 Å². The third-order valence-corrected chi connectivity index (χ3v) is 5.51. The van der Waals surface area contributed by atoms with Gasteiger partial charge in [0.2, 0.25) is 0 Å². The van der Waals surface area contributed by atoms with Crippen molar-refractivity contribution in [2.75, 3.05) is 0 Å². The fourth-order valence-corrected chi connectivity index (χ4v) is 3.62. The van der Waals surface area contributed by atoms with Crippen molar-refractivity contribution in [1.82, 2.24) is 0 Å². The topological polar surface area (TPSA) is 146 Å². The summed E-state index contributed by atoms with van der Waals surface area (Å²) in [5, 5.41) is 33.1. The van der Waals surface area contributed by atoms with Gasteiger partial charge in [0, 0.05) is 11.3 Å². The first-order chi connectivity index (χ1) is 14.3. The number of unbranched alkanes of at least 4 members (excludes halogenated alkanes) is 14. The quantitative estimate of drug-likeness (QED) is 0.104. The Morgan fingerprint density at radius 1 is 0.667 bits per heavy atom. The first-order valence-corrected chi connectivity index (χ1v) is 11.2. The minimum atomic E-state index is -3.54. The molecule has 10 nitrogen and oxygen atoms in total. The lowest BCUT2D eigenvalue weighted by atomic mass is 9.96. The number of nitrogens with zero attached hydrogens (tertiary/aromatic N) is 3. The van der Waals surface area contributed by atoms with Crippen LogP contribution in [-0.4, -0.2) is 32.8 Å². The Bertz CT molecular complexity index is 515. The molecule has 1 unspecified atom stereocenters. The maximum absolute atomic E-state index is 11.1. The summed E-state index contributed by atoms with van der Waals surface area (Å²) in [6, 6.07) is -2.22. The van der Waals surface area contributed by atoms with Gasteiger partial charge in [0.15, 0.2) is 0 Å². The van der Waals surface area contributed by atoms with E-state index in [4.69, 9.17) is 0 Å². The van der Waals surface area contributed by atoms with Crippen molar-refractivity contribution in [3.8, 4) is 0 Å². The number of nitro groups is 3. The molecule has 0 aliphatic rings. The fraction of sp³-hybridized carbons (Fsp3) is 0.950. The average Bonchev–Trinajstić information content (AvgIpc) is 2.69. The van der Waals surface area contributed by atoms with Crippen LogP contribution in [0.4, 0.5) is 0 Å². The monoisotopic (exact) mass is 430 g/mol. The average molecular weight is 431 g/mol. The lowest BCUT2D eigenvalue weighted by molar-refractivity contribution is -0.810. The van der Waals surface area contributed by atoms with E-state index in [2.05, 4.69) is 6.92 Å². The lowest BCUT2D eigenvalue weighted by Crippen LogP contribution is -2.59. The Kier molecular flexibility index (Phi) is 15.5. The molecule has 10 heteroatoms.